The zero-order valence-corrected chi connectivity index (χ0v) is 16.3. The van der Waals surface area contributed by atoms with Gasteiger partial charge in [0.05, 0.1) is 7.11 Å². The fourth-order valence-electron chi connectivity index (χ4n) is 2.75. The van der Waals surface area contributed by atoms with Gasteiger partial charge < -0.3 is 15.4 Å². The molecule has 0 spiro atoms. The van der Waals surface area contributed by atoms with E-state index in [1.165, 1.54) is 13.3 Å². The molecule has 0 fully saturated rings. The van der Waals surface area contributed by atoms with Crippen molar-refractivity contribution >= 4 is 23.2 Å². The van der Waals surface area contributed by atoms with Crippen molar-refractivity contribution in [2.45, 2.75) is 13.3 Å². The average molecular weight is 390 g/mol. The predicted octanol–water partition coefficient (Wildman–Crippen LogP) is 3.40. The van der Waals surface area contributed by atoms with Gasteiger partial charge in [0.1, 0.15) is 23.6 Å². The second-order valence-corrected chi connectivity index (χ2v) is 6.41. The standard InChI is InChI=1S/C22H22N4O3/c1-15(27)17-6-4-7-18(12-17)26-21-13-20(24-14-25-21)22(28)23-10-9-16-5-3-8-19(11-16)29-2/h3-8,11-14H,9-10H2,1-2H3,(H,23,28)(H,24,25,26). The first-order valence-corrected chi connectivity index (χ1v) is 9.16. The number of rotatable bonds is 8. The Bertz CT molecular complexity index is 1020. The van der Waals surface area contributed by atoms with Crippen LogP contribution < -0.4 is 15.4 Å². The van der Waals surface area contributed by atoms with Gasteiger partial charge in [0.15, 0.2) is 5.78 Å². The molecule has 0 unspecified atom stereocenters. The average Bonchev–Trinajstić information content (AvgIpc) is 2.74. The Balaban J connectivity index is 1.60. The molecule has 3 aromatic rings. The van der Waals surface area contributed by atoms with Crippen LogP contribution in [0.1, 0.15) is 33.3 Å². The van der Waals surface area contributed by atoms with Gasteiger partial charge in [0.2, 0.25) is 0 Å². The smallest absolute Gasteiger partial charge is 0.270 e. The van der Waals surface area contributed by atoms with Crippen LogP contribution in [0.25, 0.3) is 0 Å². The maximum atomic E-state index is 12.4. The number of carbonyl (C=O) groups is 2. The molecule has 0 bridgehead atoms. The fourth-order valence-corrected chi connectivity index (χ4v) is 2.75. The molecule has 0 atom stereocenters. The van der Waals surface area contributed by atoms with E-state index in [4.69, 9.17) is 4.74 Å². The molecule has 1 heterocycles. The quantitative estimate of drug-likeness (QED) is 0.573. The van der Waals surface area contributed by atoms with Crippen LogP contribution in [0, 0.1) is 0 Å². The second-order valence-electron chi connectivity index (χ2n) is 6.41. The number of nitrogens with zero attached hydrogens (tertiary/aromatic N) is 2. The first kappa shape index (κ1) is 20.0. The number of carbonyl (C=O) groups excluding carboxylic acids is 2. The van der Waals surface area contributed by atoms with E-state index in [2.05, 4.69) is 20.6 Å². The summed E-state index contributed by atoms with van der Waals surface area (Å²) in [6, 6.07) is 16.4. The molecular weight excluding hydrogens is 368 g/mol. The number of aromatic nitrogens is 2. The summed E-state index contributed by atoms with van der Waals surface area (Å²) in [7, 11) is 1.62. The molecule has 7 nitrogen and oxygen atoms in total. The lowest BCUT2D eigenvalue weighted by Gasteiger charge is -2.09. The minimum atomic E-state index is -0.282. The van der Waals surface area contributed by atoms with Crippen molar-refractivity contribution in [2.24, 2.45) is 0 Å². The van der Waals surface area contributed by atoms with E-state index < -0.39 is 0 Å². The normalized spacial score (nSPS) is 10.3. The highest BCUT2D eigenvalue weighted by Gasteiger charge is 2.09. The third kappa shape index (κ3) is 5.62. The molecule has 3 rings (SSSR count). The number of amides is 1. The molecule has 0 radical (unpaired) electrons. The zero-order chi connectivity index (χ0) is 20.6. The van der Waals surface area contributed by atoms with Crippen LogP contribution in [-0.4, -0.2) is 35.3 Å². The van der Waals surface area contributed by atoms with Gasteiger partial charge in [0, 0.05) is 23.9 Å². The molecule has 148 valence electrons. The van der Waals surface area contributed by atoms with Gasteiger partial charge in [-0.15, -0.1) is 0 Å². The van der Waals surface area contributed by atoms with Crippen LogP contribution in [0.5, 0.6) is 5.75 Å². The molecule has 0 aliphatic rings. The number of benzene rings is 2. The summed E-state index contributed by atoms with van der Waals surface area (Å²) >= 11 is 0. The van der Waals surface area contributed by atoms with E-state index in [1.54, 1.807) is 31.4 Å². The molecule has 0 saturated carbocycles. The van der Waals surface area contributed by atoms with Gasteiger partial charge in [-0.05, 0) is 43.2 Å². The predicted molar refractivity (Wildman–Crippen MR) is 111 cm³/mol. The summed E-state index contributed by atoms with van der Waals surface area (Å²) in [5.74, 6) is 0.955. The Labute approximate surface area is 169 Å². The summed E-state index contributed by atoms with van der Waals surface area (Å²) in [4.78, 5) is 32.1. The molecular formula is C22H22N4O3. The van der Waals surface area contributed by atoms with Crippen molar-refractivity contribution in [3.63, 3.8) is 0 Å². The summed E-state index contributed by atoms with van der Waals surface area (Å²) in [5.41, 5.74) is 2.64. The lowest BCUT2D eigenvalue weighted by molar-refractivity contribution is 0.0948. The van der Waals surface area contributed by atoms with E-state index in [9.17, 15) is 9.59 Å². The van der Waals surface area contributed by atoms with E-state index >= 15 is 0 Å². The zero-order valence-electron chi connectivity index (χ0n) is 16.3. The summed E-state index contributed by atoms with van der Waals surface area (Å²) < 4.78 is 5.20. The maximum Gasteiger partial charge on any atom is 0.270 e. The molecule has 7 heteroatoms. The molecule has 0 aliphatic carbocycles. The number of hydrogen-bond acceptors (Lipinski definition) is 6. The lowest BCUT2D eigenvalue weighted by atomic mass is 10.1. The van der Waals surface area contributed by atoms with E-state index in [1.807, 2.05) is 30.3 Å². The largest absolute Gasteiger partial charge is 0.497 e. The van der Waals surface area contributed by atoms with Gasteiger partial charge >= 0.3 is 0 Å². The fraction of sp³-hybridized carbons (Fsp3) is 0.182. The molecule has 2 N–H and O–H groups in total. The summed E-state index contributed by atoms with van der Waals surface area (Å²) in [5, 5.41) is 5.95. The number of hydrogen-bond donors (Lipinski definition) is 2. The number of Topliss-reactive ketones (excluding diaryl/α,β-unsaturated/α-hetero) is 1. The van der Waals surface area contributed by atoms with E-state index in [-0.39, 0.29) is 17.4 Å². The number of methoxy groups -OCH3 is 1. The van der Waals surface area contributed by atoms with Gasteiger partial charge in [-0.1, -0.05) is 24.3 Å². The molecule has 29 heavy (non-hydrogen) atoms. The maximum absolute atomic E-state index is 12.4. The Morgan fingerprint density at radius 1 is 1.03 bits per heavy atom. The first-order chi connectivity index (χ1) is 14.0. The minimum absolute atomic E-state index is 0.0209. The first-order valence-electron chi connectivity index (χ1n) is 9.16. The van der Waals surface area contributed by atoms with Crippen molar-refractivity contribution in [3.8, 4) is 5.75 Å². The summed E-state index contributed by atoms with van der Waals surface area (Å²) in [6.45, 7) is 1.98. The highest BCUT2D eigenvalue weighted by atomic mass is 16.5. The lowest BCUT2D eigenvalue weighted by Crippen LogP contribution is -2.26. The van der Waals surface area contributed by atoms with Crippen LogP contribution in [0.3, 0.4) is 0 Å². The van der Waals surface area contributed by atoms with Crippen molar-refractivity contribution < 1.29 is 14.3 Å². The molecule has 0 saturated heterocycles. The number of ketones is 1. The Morgan fingerprint density at radius 2 is 1.86 bits per heavy atom. The molecule has 2 aromatic carbocycles. The summed E-state index contributed by atoms with van der Waals surface area (Å²) in [6.07, 6.45) is 2.01. The Kier molecular flexibility index (Phi) is 6.52. The topological polar surface area (TPSA) is 93.2 Å². The van der Waals surface area contributed by atoms with Crippen LogP contribution in [0.15, 0.2) is 60.9 Å². The Morgan fingerprint density at radius 3 is 2.66 bits per heavy atom. The monoisotopic (exact) mass is 390 g/mol. The van der Waals surface area contributed by atoms with E-state index in [0.717, 1.165) is 11.3 Å². The molecule has 1 aromatic heterocycles. The Hall–Kier alpha value is -3.74. The van der Waals surface area contributed by atoms with Crippen LogP contribution in [-0.2, 0) is 6.42 Å². The number of anilines is 2. The van der Waals surface area contributed by atoms with Gasteiger partial charge in [0.25, 0.3) is 5.91 Å². The van der Waals surface area contributed by atoms with Crippen molar-refractivity contribution in [1.29, 1.82) is 0 Å². The third-order valence-corrected chi connectivity index (χ3v) is 4.27. The van der Waals surface area contributed by atoms with Gasteiger partial charge in [-0.3, -0.25) is 9.59 Å². The van der Waals surface area contributed by atoms with Crippen molar-refractivity contribution in [3.05, 3.63) is 77.7 Å². The van der Waals surface area contributed by atoms with E-state index in [0.29, 0.717) is 30.0 Å². The van der Waals surface area contributed by atoms with Crippen molar-refractivity contribution in [2.75, 3.05) is 19.0 Å². The van der Waals surface area contributed by atoms with Crippen LogP contribution in [0.4, 0.5) is 11.5 Å². The highest BCUT2D eigenvalue weighted by molar-refractivity contribution is 5.95. The number of nitrogens with one attached hydrogen (secondary N) is 2. The number of ether oxygens (including phenoxy) is 1. The minimum Gasteiger partial charge on any atom is -0.497 e. The second kappa shape index (κ2) is 9.45. The third-order valence-electron chi connectivity index (χ3n) is 4.27. The molecule has 0 aliphatic heterocycles. The SMILES string of the molecule is COc1cccc(CCNC(=O)c2cc(Nc3cccc(C(C)=O)c3)ncn2)c1. The molecule has 1 amide bonds. The highest BCUT2D eigenvalue weighted by Crippen LogP contribution is 2.17. The van der Waals surface area contributed by atoms with Gasteiger partial charge in [-0.2, -0.15) is 0 Å². The van der Waals surface area contributed by atoms with Crippen LogP contribution in [0.2, 0.25) is 0 Å². The van der Waals surface area contributed by atoms with Crippen LogP contribution >= 0.6 is 0 Å². The van der Waals surface area contributed by atoms with Crippen molar-refractivity contribution in [1.82, 2.24) is 15.3 Å². The van der Waals surface area contributed by atoms with Gasteiger partial charge in [-0.25, -0.2) is 9.97 Å².